The molecule has 26 heavy (non-hydrogen) atoms. The number of hydrogen-bond donors (Lipinski definition) is 2. The Morgan fingerprint density at radius 2 is 2.00 bits per heavy atom. The van der Waals surface area contributed by atoms with Crippen LogP contribution in [0.2, 0.25) is 0 Å². The molecule has 1 unspecified atom stereocenters. The number of thioether (sulfide) groups is 1. The molecule has 0 saturated heterocycles. The maximum Gasteiger partial charge on any atom is 0.237 e. The van der Waals surface area contributed by atoms with Crippen molar-refractivity contribution >= 4 is 39.8 Å². The number of fused-ring (bicyclic) bond motifs is 1. The second-order valence-electron chi connectivity index (χ2n) is 6.26. The van der Waals surface area contributed by atoms with Crippen molar-refractivity contribution in [1.82, 2.24) is 10.2 Å². The number of nitrogens with one attached hydrogen (secondary N) is 2. The predicted octanol–water partition coefficient (Wildman–Crippen LogP) is 3.50. The standard InChI is InChI=1S/C17H22N4O3S2/c1-10(2)9-18-16-20-21-17(26-16)25-11(3)15(22)19-12-4-5-13-14(8-12)24-7-6-23-13/h4-5,8,10-11H,6-7,9H2,1-3H3,(H,18,20)(H,19,22). The van der Waals surface area contributed by atoms with Crippen LogP contribution in [0.5, 0.6) is 11.5 Å². The summed E-state index contributed by atoms with van der Waals surface area (Å²) in [6.07, 6.45) is 0. The van der Waals surface area contributed by atoms with E-state index in [1.54, 1.807) is 12.1 Å². The van der Waals surface area contributed by atoms with Crippen LogP contribution >= 0.6 is 23.1 Å². The van der Waals surface area contributed by atoms with E-state index < -0.39 is 0 Å². The molecule has 0 radical (unpaired) electrons. The highest BCUT2D eigenvalue weighted by Gasteiger charge is 2.19. The van der Waals surface area contributed by atoms with E-state index in [0.717, 1.165) is 16.0 Å². The third-order valence-electron chi connectivity index (χ3n) is 3.52. The molecule has 3 rings (SSSR count). The lowest BCUT2D eigenvalue weighted by Gasteiger charge is -2.19. The number of nitrogens with zero attached hydrogens (tertiary/aromatic N) is 2. The molecule has 140 valence electrons. The zero-order valence-electron chi connectivity index (χ0n) is 14.9. The Labute approximate surface area is 160 Å². The smallest absolute Gasteiger partial charge is 0.237 e. The van der Waals surface area contributed by atoms with Gasteiger partial charge in [-0.05, 0) is 25.0 Å². The Bertz CT molecular complexity index is 766. The van der Waals surface area contributed by atoms with Crippen molar-refractivity contribution in [3.63, 3.8) is 0 Å². The summed E-state index contributed by atoms with van der Waals surface area (Å²) in [5.74, 6) is 1.79. The SMILES string of the molecule is CC(C)CNc1nnc(SC(C)C(=O)Nc2ccc3c(c2)OCCO3)s1. The molecule has 0 spiro atoms. The summed E-state index contributed by atoms with van der Waals surface area (Å²) < 4.78 is 11.8. The number of aromatic nitrogens is 2. The van der Waals surface area contributed by atoms with Crippen molar-refractivity contribution in [2.24, 2.45) is 5.92 Å². The molecular formula is C17H22N4O3S2. The molecule has 0 aliphatic carbocycles. The van der Waals surface area contributed by atoms with E-state index in [2.05, 4.69) is 34.7 Å². The molecule has 2 N–H and O–H groups in total. The van der Waals surface area contributed by atoms with Crippen LogP contribution < -0.4 is 20.1 Å². The van der Waals surface area contributed by atoms with Gasteiger partial charge in [0, 0.05) is 18.3 Å². The predicted molar refractivity (Wildman–Crippen MR) is 105 cm³/mol. The number of carbonyl (C=O) groups excluding carboxylic acids is 1. The minimum atomic E-state index is -0.297. The number of ether oxygens (including phenoxy) is 2. The monoisotopic (exact) mass is 394 g/mol. The molecule has 2 heterocycles. The summed E-state index contributed by atoms with van der Waals surface area (Å²) in [5, 5.41) is 14.9. The Morgan fingerprint density at radius 1 is 1.23 bits per heavy atom. The Hall–Kier alpha value is -2.00. The van der Waals surface area contributed by atoms with E-state index in [1.165, 1.54) is 23.1 Å². The highest BCUT2D eigenvalue weighted by molar-refractivity contribution is 8.02. The van der Waals surface area contributed by atoms with Gasteiger partial charge in [-0.25, -0.2) is 0 Å². The first kappa shape index (κ1) is 18.8. The average Bonchev–Trinajstić information content (AvgIpc) is 3.07. The molecule has 2 aromatic rings. The molecule has 7 nitrogen and oxygen atoms in total. The van der Waals surface area contributed by atoms with Crippen molar-refractivity contribution in [2.75, 3.05) is 30.4 Å². The minimum Gasteiger partial charge on any atom is -0.486 e. The van der Waals surface area contributed by atoms with Crippen molar-refractivity contribution in [1.29, 1.82) is 0 Å². The molecular weight excluding hydrogens is 372 g/mol. The second-order valence-corrected chi connectivity index (χ2v) is 8.82. The highest BCUT2D eigenvalue weighted by atomic mass is 32.2. The quantitative estimate of drug-likeness (QED) is 0.695. The molecule has 0 saturated carbocycles. The van der Waals surface area contributed by atoms with E-state index in [9.17, 15) is 4.79 Å². The van der Waals surface area contributed by atoms with E-state index in [1.807, 2.05) is 13.0 Å². The zero-order valence-corrected chi connectivity index (χ0v) is 16.6. The van der Waals surface area contributed by atoms with Gasteiger partial charge in [0.25, 0.3) is 0 Å². The molecule has 0 bridgehead atoms. The number of hydrogen-bond acceptors (Lipinski definition) is 8. The molecule has 1 aromatic heterocycles. The summed E-state index contributed by atoms with van der Waals surface area (Å²) in [6.45, 7) is 8.02. The summed E-state index contributed by atoms with van der Waals surface area (Å²) in [5.41, 5.74) is 0.684. The van der Waals surface area contributed by atoms with Crippen LogP contribution in [0.1, 0.15) is 20.8 Å². The van der Waals surface area contributed by atoms with Crippen LogP contribution in [0.25, 0.3) is 0 Å². The van der Waals surface area contributed by atoms with Crippen molar-refractivity contribution < 1.29 is 14.3 Å². The van der Waals surface area contributed by atoms with Crippen molar-refractivity contribution in [3.05, 3.63) is 18.2 Å². The average molecular weight is 395 g/mol. The molecule has 0 fully saturated rings. The number of carbonyl (C=O) groups is 1. The first-order valence-electron chi connectivity index (χ1n) is 8.46. The van der Waals surface area contributed by atoms with Gasteiger partial charge in [0.15, 0.2) is 15.8 Å². The lowest BCUT2D eigenvalue weighted by Crippen LogP contribution is -2.22. The summed E-state index contributed by atoms with van der Waals surface area (Å²) in [7, 11) is 0. The number of anilines is 2. The fraction of sp³-hybridized carbons (Fsp3) is 0.471. The maximum atomic E-state index is 12.4. The van der Waals surface area contributed by atoms with Gasteiger partial charge in [-0.1, -0.05) is 36.9 Å². The van der Waals surface area contributed by atoms with Gasteiger partial charge in [0.1, 0.15) is 13.2 Å². The van der Waals surface area contributed by atoms with Gasteiger partial charge < -0.3 is 20.1 Å². The fourth-order valence-electron chi connectivity index (χ4n) is 2.19. The normalized spacial score (nSPS) is 14.2. The van der Waals surface area contributed by atoms with Crippen molar-refractivity contribution in [2.45, 2.75) is 30.4 Å². The maximum absolute atomic E-state index is 12.4. The van der Waals surface area contributed by atoms with Gasteiger partial charge in [-0.2, -0.15) is 0 Å². The van der Waals surface area contributed by atoms with E-state index in [4.69, 9.17) is 9.47 Å². The zero-order chi connectivity index (χ0) is 18.5. The molecule has 9 heteroatoms. The van der Waals surface area contributed by atoms with E-state index in [-0.39, 0.29) is 11.2 Å². The van der Waals surface area contributed by atoms with Crippen LogP contribution in [0.4, 0.5) is 10.8 Å². The van der Waals surface area contributed by atoms with E-state index in [0.29, 0.717) is 36.3 Å². The van der Waals surface area contributed by atoms with Crippen LogP contribution in [-0.2, 0) is 4.79 Å². The Morgan fingerprint density at radius 3 is 2.77 bits per heavy atom. The third kappa shape index (κ3) is 5.01. The number of rotatable bonds is 7. The molecule has 1 aliphatic rings. The fourth-order valence-corrected chi connectivity index (χ4v) is 4.09. The summed E-state index contributed by atoms with van der Waals surface area (Å²) in [4.78, 5) is 12.4. The van der Waals surface area contributed by atoms with Gasteiger partial charge in [0.2, 0.25) is 11.0 Å². The van der Waals surface area contributed by atoms with Gasteiger partial charge in [0.05, 0.1) is 5.25 Å². The number of benzene rings is 1. The summed E-state index contributed by atoms with van der Waals surface area (Å²) in [6, 6.07) is 5.39. The second kappa shape index (κ2) is 8.59. The highest BCUT2D eigenvalue weighted by Crippen LogP contribution is 2.33. The summed E-state index contributed by atoms with van der Waals surface area (Å²) >= 11 is 2.85. The minimum absolute atomic E-state index is 0.0985. The van der Waals surface area contributed by atoms with Crippen LogP contribution in [0.15, 0.2) is 22.5 Å². The van der Waals surface area contributed by atoms with E-state index >= 15 is 0 Å². The molecule has 1 aromatic carbocycles. The molecule has 1 aliphatic heterocycles. The Kier molecular flexibility index (Phi) is 6.20. The lowest BCUT2D eigenvalue weighted by atomic mass is 10.2. The van der Waals surface area contributed by atoms with Crippen molar-refractivity contribution in [3.8, 4) is 11.5 Å². The largest absolute Gasteiger partial charge is 0.486 e. The molecule has 1 atom stereocenters. The van der Waals surface area contributed by atoms with Crippen LogP contribution in [0, 0.1) is 5.92 Å². The first-order chi connectivity index (χ1) is 12.5. The third-order valence-corrected chi connectivity index (χ3v) is 5.59. The van der Waals surface area contributed by atoms with Gasteiger partial charge in [-0.3, -0.25) is 4.79 Å². The van der Waals surface area contributed by atoms with Gasteiger partial charge >= 0.3 is 0 Å². The van der Waals surface area contributed by atoms with Crippen LogP contribution in [0.3, 0.4) is 0 Å². The number of amides is 1. The lowest BCUT2D eigenvalue weighted by molar-refractivity contribution is -0.115. The van der Waals surface area contributed by atoms with Gasteiger partial charge in [-0.15, -0.1) is 10.2 Å². The first-order valence-corrected chi connectivity index (χ1v) is 10.2. The Balaban J connectivity index is 1.54. The van der Waals surface area contributed by atoms with Crippen LogP contribution in [-0.4, -0.2) is 41.1 Å². The molecule has 1 amide bonds. The topological polar surface area (TPSA) is 85.4 Å².